The van der Waals surface area contributed by atoms with Gasteiger partial charge >= 0.3 is 0 Å². The Morgan fingerprint density at radius 1 is 1.30 bits per heavy atom. The van der Waals surface area contributed by atoms with Crippen LogP contribution in [-0.4, -0.2) is 59.6 Å². The molecule has 1 aromatic rings. The first-order chi connectivity index (χ1) is 9.56. The predicted octanol–water partition coefficient (Wildman–Crippen LogP) is 1.52. The topological polar surface area (TPSA) is 43.8 Å². The van der Waals surface area contributed by atoms with Gasteiger partial charge in [0.25, 0.3) is 0 Å². The first-order valence-corrected chi connectivity index (χ1v) is 7.77. The van der Waals surface area contributed by atoms with Crippen LogP contribution < -0.4 is 0 Å². The molecule has 4 nitrogen and oxygen atoms in total. The second-order valence-electron chi connectivity index (χ2n) is 5.30. The third-order valence-corrected chi connectivity index (χ3v) is 4.32. The van der Waals surface area contributed by atoms with E-state index < -0.39 is 0 Å². The van der Waals surface area contributed by atoms with Crippen molar-refractivity contribution in [2.24, 2.45) is 0 Å². The van der Waals surface area contributed by atoms with Crippen LogP contribution in [0.1, 0.15) is 12.5 Å². The van der Waals surface area contributed by atoms with Gasteiger partial charge in [0.15, 0.2) is 0 Å². The molecule has 1 N–H and O–H groups in total. The highest BCUT2D eigenvalue weighted by Gasteiger charge is 2.22. The Morgan fingerprint density at radius 3 is 2.55 bits per heavy atom. The number of rotatable bonds is 4. The summed E-state index contributed by atoms with van der Waals surface area (Å²) in [5, 5.41) is 9.38. The fourth-order valence-electron chi connectivity index (χ4n) is 2.47. The Kier molecular flexibility index (Phi) is 5.57. The van der Waals surface area contributed by atoms with E-state index in [1.807, 2.05) is 29.2 Å². The lowest BCUT2D eigenvalue weighted by Crippen LogP contribution is -2.50. The van der Waals surface area contributed by atoms with Crippen LogP contribution in [0.4, 0.5) is 0 Å². The maximum atomic E-state index is 12.3. The third-order valence-electron chi connectivity index (χ3n) is 3.55. The summed E-state index contributed by atoms with van der Waals surface area (Å²) < 4.78 is 0.987. The largest absolute Gasteiger partial charge is 0.392 e. The highest BCUT2D eigenvalue weighted by atomic mass is 79.9. The Labute approximate surface area is 128 Å². The van der Waals surface area contributed by atoms with Crippen molar-refractivity contribution in [1.29, 1.82) is 0 Å². The van der Waals surface area contributed by atoms with E-state index >= 15 is 0 Å². The second kappa shape index (κ2) is 7.20. The fraction of sp³-hybridized carbons (Fsp3) is 0.533. The minimum absolute atomic E-state index is 0.175. The van der Waals surface area contributed by atoms with E-state index in [1.165, 1.54) is 0 Å². The van der Waals surface area contributed by atoms with Gasteiger partial charge in [-0.3, -0.25) is 9.69 Å². The van der Waals surface area contributed by atoms with Crippen molar-refractivity contribution in [2.45, 2.75) is 19.4 Å². The highest BCUT2D eigenvalue weighted by Crippen LogP contribution is 2.17. The molecule has 1 aliphatic heterocycles. The van der Waals surface area contributed by atoms with Gasteiger partial charge in [-0.05, 0) is 18.6 Å². The van der Waals surface area contributed by atoms with Crippen LogP contribution in [0.15, 0.2) is 28.7 Å². The van der Waals surface area contributed by atoms with E-state index in [2.05, 4.69) is 20.8 Å². The number of aliphatic hydroxyl groups excluding tert-OH is 1. The number of aliphatic hydroxyl groups is 1. The molecule has 0 bridgehead atoms. The average molecular weight is 341 g/mol. The SMILES string of the molecule is C[C@@H](O)CN1CCN(C(=O)Cc2ccccc2Br)CC1. The van der Waals surface area contributed by atoms with Crippen LogP contribution in [0, 0.1) is 0 Å². The molecule has 0 unspecified atom stereocenters. The van der Waals surface area contributed by atoms with Crippen molar-refractivity contribution >= 4 is 21.8 Å². The van der Waals surface area contributed by atoms with E-state index in [0.717, 1.165) is 36.2 Å². The molecule has 0 spiro atoms. The maximum Gasteiger partial charge on any atom is 0.227 e. The van der Waals surface area contributed by atoms with Gasteiger partial charge in [-0.1, -0.05) is 34.1 Å². The molecule has 1 heterocycles. The first-order valence-electron chi connectivity index (χ1n) is 6.98. The molecule has 0 saturated carbocycles. The number of nitrogens with zero attached hydrogens (tertiary/aromatic N) is 2. The molecule has 20 heavy (non-hydrogen) atoms. The number of carbonyl (C=O) groups is 1. The molecular formula is C15H21BrN2O2. The summed E-state index contributed by atoms with van der Waals surface area (Å²) in [4.78, 5) is 16.4. The van der Waals surface area contributed by atoms with Gasteiger partial charge in [0.05, 0.1) is 12.5 Å². The Morgan fingerprint density at radius 2 is 1.95 bits per heavy atom. The Bertz CT molecular complexity index is 457. The molecular weight excluding hydrogens is 320 g/mol. The number of β-amino-alcohol motifs (C(OH)–C–C–N with tert-alkyl or cyclic N) is 1. The lowest BCUT2D eigenvalue weighted by Gasteiger charge is -2.35. The minimum Gasteiger partial charge on any atom is -0.392 e. The molecule has 110 valence electrons. The molecule has 2 rings (SSSR count). The summed E-state index contributed by atoms with van der Waals surface area (Å²) >= 11 is 3.48. The molecule has 0 aliphatic carbocycles. The van der Waals surface area contributed by atoms with Gasteiger partial charge < -0.3 is 10.0 Å². The molecule has 1 saturated heterocycles. The second-order valence-corrected chi connectivity index (χ2v) is 6.15. The summed E-state index contributed by atoms with van der Waals surface area (Å²) in [6, 6.07) is 7.84. The van der Waals surface area contributed by atoms with Crippen molar-refractivity contribution in [2.75, 3.05) is 32.7 Å². The monoisotopic (exact) mass is 340 g/mol. The van der Waals surface area contributed by atoms with Gasteiger partial charge in [0.2, 0.25) is 5.91 Å². The van der Waals surface area contributed by atoms with Crippen LogP contribution in [0.3, 0.4) is 0 Å². The molecule has 0 radical (unpaired) electrons. The molecule has 1 atom stereocenters. The lowest BCUT2D eigenvalue weighted by atomic mass is 10.1. The Balaban J connectivity index is 1.85. The van der Waals surface area contributed by atoms with Gasteiger partial charge in [-0.15, -0.1) is 0 Å². The van der Waals surface area contributed by atoms with Crippen LogP contribution in [0.25, 0.3) is 0 Å². The van der Waals surface area contributed by atoms with E-state index in [0.29, 0.717) is 13.0 Å². The number of carbonyl (C=O) groups excluding carboxylic acids is 1. The number of piperazine rings is 1. The zero-order chi connectivity index (χ0) is 14.5. The van der Waals surface area contributed by atoms with Crippen molar-refractivity contribution in [3.05, 3.63) is 34.3 Å². The van der Waals surface area contributed by atoms with Crippen LogP contribution in [-0.2, 0) is 11.2 Å². The number of halogens is 1. The lowest BCUT2D eigenvalue weighted by molar-refractivity contribution is -0.132. The number of amides is 1. The zero-order valence-corrected chi connectivity index (χ0v) is 13.3. The molecule has 1 aromatic carbocycles. The van der Waals surface area contributed by atoms with Crippen molar-refractivity contribution < 1.29 is 9.90 Å². The van der Waals surface area contributed by atoms with Crippen LogP contribution in [0.5, 0.6) is 0 Å². The summed E-state index contributed by atoms with van der Waals surface area (Å²) in [5.41, 5.74) is 1.03. The van der Waals surface area contributed by atoms with Gasteiger partial charge in [0, 0.05) is 37.2 Å². The van der Waals surface area contributed by atoms with E-state index in [-0.39, 0.29) is 12.0 Å². The van der Waals surface area contributed by atoms with E-state index in [9.17, 15) is 9.90 Å². The summed E-state index contributed by atoms with van der Waals surface area (Å²) in [7, 11) is 0. The molecule has 0 aromatic heterocycles. The van der Waals surface area contributed by atoms with Gasteiger partial charge in [-0.25, -0.2) is 0 Å². The van der Waals surface area contributed by atoms with Crippen molar-refractivity contribution in [1.82, 2.24) is 9.80 Å². The highest BCUT2D eigenvalue weighted by molar-refractivity contribution is 9.10. The van der Waals surface area contributed by atoms with Gasteiger partial charge in [-0.2, -0.15) is 0 Å². The number of benzene rings is 1. The van der Waals surface area contributed by atoms with E-state index in [4.69, 9.17) is 0 Å². The standard InChI is InChI=1S/C15H21BrN2O2/c1-12(19)11-17-6-8-18(9-7-17)15(20)10-13-4-2-3-5-14(13)16/h2-5,12,19H,6-11H2,1H3/t12-/m1/s1. The number of hydrogen-bond donors (Lipinski definition) is 1. The van der Waals surface area contributed by atoms with Crippen molar-refractivity contribution in [3.63, 3.8) is 0 Å². The van der Waals surface area contributed by atoms with Crippen LogP contribution >= 0.6 is 15.9 Å². The molecule has 1 fully saturated rings. The summed E-state index contributed by atoms with van der Waals surface area (Å²) in [5.74, 6) is 0.175. The normalized spacial score (nSPS) is 18.1. The summed E-state index contributed by atoms with van der Waals surface area (Å²) in [6.07, 6.45) is 0.134. The summed E-state index contributed by atoms with van der Waals surface area (Å²) in [6.45, 7) is 5.65. The number of hydrogen-bond acceptors (Lipinski definition) is 3. The van der Waals surface area contributed by atoms with Crippen molar-refractivity contribution in [3.8, 4) is 0 Å². The smallest absolute Gasteiger partial charge is 0.227 e. The predicted molar refractivity (Wildman–Crippen MR) is 82.5 cm³/mol. The maximum absolute atomic E-state index is 12.3. The Hall–Kier alpha value is -0.910. The molecule has 5 heteroatoms. The van der Waals surface area contributed by atoms with Crippen LogP contribution in [0.2, 0.25) is 0 Å². The third kappa shape index (κ3) is 4.30. The quantitative estimate of drug-likeness (QED) is 0.903. The molecule has 1 amide bonds. The average Bonchev–Trinajstić information content (AvgIpc) is 2.41. The zero-order valence-electron chi connectivity index (χ0n) is 11.8. The minimum atomic E-state index is -0.308. The fourth-order valence-corrected chi connectivity index (χ4v) is 2.89. The van der Waals surface area contributed by atoms with Gasteiger partial charge in [0.1, 0.15) is 0 Å². The molecule has 1 aliphatic rings. The van der Waals surface area contributed by atoms with E-state index in [1.54, 1.807) is 6.92 Å². The first kappa shape index (κ1) is 15.5.